The molecule has 0 aliphatic rings. The van der Waals surface area contributed by atoms with E-state index < -0.39 is 11.7 Å². The first-order valence-electron chi connectivity index (χ1n) is 7.22. The molecule has 0 fully saturated rings. The quantitative estimate of drug-likeness (QED) is 0.625. The molecule has 0 aromatic heterocycles. The van der Waals surface area contributed by atoms with Gasteiger partial charge in [-0.25, -0.2) is 4.39 Å². The molecule has 2 N–H and O–H groups in total. The molecule has 0 spiro atoms. The standard InChI is InChI=1S/C17H22FNO2/c1-13(2)6-5-10-19-17(21)15-9-8-14(12-16(15)18)7-3-4-11-20/h8-9,12-13,20H,4-6,10-11H2,1-2H3,(H,19,21). The van der Waals surface area contributed by atoms with Crippen molar-refractivity contribution in [3.05, 3.63) is 35.1 Å². The summed E-state index contributed by atoms with van der Waals surface area (Å²) in [5.41, 5.74) is 0.532. The molecule has 0 heterocycles. The maximum absolute atomic E-state index is 13.9. The first-order chi connectivity index (χ1) is 10.0. The molecule has 0 saturated carbocycles. The van der Waals surface area contributed by atoms with Crippen LogP contribution in [0.1, 0.15) is 49.0 Å². The minimum atomic E-state index is -0.577. The lowest BCUT2D eigenvalue weighted by atomic mass is 10.1. The van der Waals surface area contributed by atoms with Crippen molar-refractivity contribution in [1.82, 2.24) is 5.32 Å². The van der Waals surface area contributed by atoms with Crippen LogP contribution in [0.25, 0.3) is 0 Å². The zero-order chi connectivity index (χ0) is 15.7. The second kappa shape index (κ2) is 9.15. The van der Waals surface area contributed by atoms with Crippen molar-refractivity contribution < 1.29 is 14.3 Å². The van der Waals surface area contributed by atoms with Gasteiger partial charge in [-0.1, -0.05) is 25.7 Å². The fraction of sp³-hybridized carbons (Fsp3) is 0.471. The summed E-state index contributed by atoms with van der Waals surface area (Å²) >= 11 is 0. The van der Waals surface area contributed by atoms with Gasteiger partial charge in [-0.2, -0.15) is 0 Å². The molecule has 1 aromatic carbocycles. The molecule has 0 bridgehead atoms. The third-order valence-electron chi connectivity index (χ3n) is 2.93. The van der Waals surface area contributed by atoms with Gasteiger partial charge in [0, 0.05) is 18.5 Å². The largest absolute Gasteiger partial charge is 0.395 e. The Morgan fingerprint density at radius 3 is 2.81 bits per heavy atom. The van der Waals surface area contributed by atoms with E-state index in [0.29, 0.717) is 24.4 Å². The molecule has 1 rings (SSSR count). The Balaban J connectivity index is 2.59. The summed E-state index contributed by atoms with van der Waals surface area (Å²) in [7, 11) is 0. The SMILES string of the molecule is CC(C)CCCNC(=O)c1ccc(C#CCCO)cc1F. The van der Waals surface area contributed by atoms with Gasteiger partial charge in [-0.3, -0.25) is 4.79 Å². The Kier molecular flexibility index (Phi) is 7.49. The molecule has 0 radical (unpaired) electrons. The number of nitrogens with one attached hydrogen (secondary N) is 1. The van der Waals surface area contributed by atoms with Crippen molar-refractivity contribution >= 4 is 5.91 Å². The van der Waals surface area contributed by atoms with Gasteiger partial charge in [0.15, 0.2) is 0 Å². The molecule has 1 aromatic rings. The Morgan fingerprint density at radius 2 is 2.19 bits per heavy atom. The van der Waals surface area contributed by atoms with E-state index in [1.807, 2.05) is 0 Å². The average molecular weight is 291 g/mol. The molecule has 4 heteroatoms. The lowest BCUT2D eigenvalue weighted by molar-refractivity contribution is 0.0948. The molecular formula is C17H22FNO2. The molecule has 0 unspecified atom stereocenters. The highest BCUT2D eigenvalue weighted by Crippen LogP contribution is 2.10. The van der Waals surface area contributed by atoms with E-state index in [1.54, 1.807) is 6.07 Å². The van der Waals surface area contributed by atoms with Gasteiger partial charge >= 0.3 is 0 Å². The lowest BCUT2D eigenvalue weighted by Crippen LogP contribution is -2.25. The third kappa shape index (κ3) is 6.42. The molecule has 0 aliphatic carbocycles. The molecule has 3 nitrogen and oxygen atoms in total. The minimum absolute atomic E-state index is 0.0215. The highest BCUT2D eigenvalue weighted by molar-refractivity contribution is 5.94. The Hall–Kier alpha value is -1.86. The number of carbonyl (C=O) groups excluding carboxylic acids is 1. The summed E-state index contributed by atoms with van der Waals surface area (Å²) in [5.74, 6) is 5.07. The Morgan fingerprint density at radius 1 is 1.43 bits per heavy atom. The van der Waals surface area contributed by atoms with Crippen LogP contribution in [0.4, 0.5) is 4.39 Å². The van der Waals surface area contributed by atoms with Crippen LogP contribution in [0.3, 0.4) is 0 Å². The Bertz CT molecular complexity index is 529. The number of hydrogen-bond acceptors (Lipinski definition) is 2. The highest BCUT2D eigenvalue weighted by Gasteiger charge is 2.11. The second-order valence-electron chi connectivity index (χ2n) is 5.26. The molecular weight excluding hydrogens is 269 g/mol. The van der Waals surface area contributed by atoms with E-state index in [4.69, 9.17) is 5.11 Å². The first kappa shape index (κ1) is 17.2. The van der Waals surface area contributed by atoms with E-state index >= 15 is 0 Å². The van der Waals surface area contributed by atoms with Crippen molar-refractivity contribution in [2.24, 2.45) is 5.92 Å². The summed E-state index contributed by atoms with van der Waals surface area (Å²) in [6.45, 7) is 4.77. The topological polar surface area (TPSA) is 49.3 Å². The smallest absolute Gasteiger partial charge is 0.254 e. The lowest BCUT2D eigenvalue weighted by Gasteiger charge is -2.07. The summed E-state index contributed by atoms with van der Waals surface area (Å²) in [6.07, 6.45) is 2.26. The molecule has 1 amide bonds. The average Bonchev–Trinajstić information content (AvgIpc) is 2.43. The van der Waals surface area contributed by atoms with Crippen molar-refractivity contribution in [3.8, 4) is 11.8 Å². The van der Waals surface area contributed by atoms with Gasteiger partial charge in [0.25, 0.3) is 5.91 Å². The molecule has 114 valence electrons. The number of halogens is 1. The molecule has 0 saturated heterocycles. The third-order valence-corrected chi connectivity index (χ3v) is 2.93. The summed E-state index contributed by atoms with van der Waals surface area (Å²) in [6, 6.07) is 4.29. The summed E-state index contributed by atoms with van der Waals surface area (Å²) in [5, 5.41) is 11.3. The van der Waals surface area contributed by atoms with Gasteiger partial charge in [-0.15, -0.1) is 0 Å². The predicted molar refractivity (Wildman–Crippen MR) is 81.4 cm³/mol. The van der Waals surface area contributed by atoms with E-state index in [1.165, 1.54) is 12.1 Å². The number of carbonyl (C=O) groups is 1. The molecule has 0 aliphatic heterocycles. The fourth-order valence-corrected chi connectivity index (χ4v) is 1.80. The van der Waals surface area contributed by atoms with Gasteiger partial charge in [-0.05, 0) is 37.0 Å². The normalized spacial score (nSPS) is 10.1. The van der Waals surface area contributed by atoms with Gasteiger partial charge in [0.2, 0.25) is 0 Å². The summed E-state index contributed by atoms with van der Waals surface area (Å²) < 4.78 is 13.9. The minimum Gasteiger partial charge on any atom is -0.395 e. The van der Waals surface area contributed by atoms with Crippen LogP contribution in [-0.4, -0.2) is 24.2 Å². The van der Waals surface area contributed by atoms with Crippen molar-refractivity contribution in [2.45, 2.75) is 33.1 Å². The number of amides is 1. The number of benzene rings is 1. The van der Waals surface area contributed by atoms with Crippen molar-refractivity contribution in [2.75, 3.05) is 13.2 Å². The van der Waals surface area contributed by atoms with E-state index in [9.17, 15) is 9.18 Å². The zero-order valence-electron chi connectivity index (χ0n) is 12.6. The first-order valence-corrected chi connectivity index (χ1v) is 7.22. The maximum Gasteiger partial charge on any atom is 0.254 e. The fourth-order valence-electron chi connectivity index (χ4n) is 1.80. The number of rotatable bonds is 6. The monoisotopic (exact) mass is 291 g/mol. The second-order valence-corrected chi connectivity index (χ2v) is 5.26. The zero-order valence-corrected chi connectivity index (χ0v) is 12.6. The number of aliphatic hydroxyl groups is 1. The van der Waals surface area contributed by atoms with Crippen molar-refractivity contribution in [1.29, 1.82) is 0 Å². The van der Waals surface area contributed by atoms with Crippen LogP contribution in [0.15, 0.2) is 18.2 Å². The summed E-state index contributed by atoms with van der Waals surface area (Å²) in [4.78, 5) is 11.9. The van der Waals surface area contributed by atoms with Gasteiger partial charge in [0.05, 0.1) is 12.2 Å². The van der Waals surface area contributed by atoms with Crippen LogP contribution in [0, 0.1) is 23.6 Å². The van der Waals surface area contributed by atoms with Crippen LogP contribution in [0.2, 0.25) is 0 Å². The number of hydrogen-bond donors (Lipinski definition) is 2. The molecule has 0 atom stereocenters. The van der Waals surface area contributed by atoms with E-state index in [0.717, 1.165) is 12.8 Å². The van der Waals surface area contributed by atoms with Crippen LogP contribution in [-0.2, 0) is 0 Å². The highest BCUT2D eigenvalue weighted by atomic mass is 19.1. The predicted octanol–water partition coefficient (Wildman–Crippen LogP) is 2.73. The van der Waals surface area contributed by atoms with Crippen LogP contribution >= 0.6 is 0 Å². The Labute approximate surface area is 125 Å². The van der Waals surface area contributed by atoms with E-state index in [2.05, 4.69) is 31.0 Å². The van der Waals surface area contributed by atoms with Crippen LogP contribution < -0.4 is 5.32 Å². The van der Waals surface area contributed by atoms with E-state index in [-0.39, 0.29) is 12.2 Å². The maximum atomic E-state index is 13.9. The number of aliphatic hydroxyl groups excluding tert-OH is 1. The van der Waals surface area contributed by atoms with Crippen molar-refractivity contribution in [3.63, 3.8) is 0 Å². The van der Waals surface area contributed by atoms with Crippen LogP contribution in [0.5, 0.6) is 0 Å². The van der Waals surface area contributed by atoms with Gasteiger partial charge in [0.1, 0.15) is 5.82 Å². The molecule has 21 heavy (non-hydrogen) atoms. The van der Waals surface area contributed by atoms with Gasteiger partial charge < -0.3 is 10.4 Å².